The maximum Gasteiger partial charge on any atom is 0.267 e. The molecule has 2 aromatic heterocycles. The maximum atomic E-state index is 12.4. The van der Waals surface area contributed by atoms with E-state index in [4.69, 9.17) is 10.5 Å². The molecule has 0 saturated carbocycles. The zero-order valence-electron chi connectivity index (χ0n) is 12.0. The Hall–Kier alpha value is -2.60. The minimum Gasteiger partial charge on any atom is -0.494 e. The van der Waals surface area contributed by atoms with Crippen molar-refractivity contribution < 1.29 is 9.53 Å². The van der Waals surface area contributed by atoms with Gasteiger partial charge in [-0.1, -0.05) is 0 Å². The number of nitrogen functional groups attached to an aromatic ring is 1. The summed E-state index contributed by atoms with van der Waals surface area (Å²) >= 11 is 1.29. The van der Waals surface area contributed by atoms with Crippen LogP contribution in [0.5, 0.6) is 5.75 Å². The van der Waals surface area contributed by atoms with Crippen LogP contribution in [0.15, 0.2) is 42.6 Å². The molecule has 112 valence electrons. The molecule has 2 heterocycles. The Labute approximate surface area is 131 Å². The average molecular weight is 313 g/mol. The fourth-order valence-corrected chi connectivity index (χ4v) is 3.07. The summed E-state index contributed by atoms with van der Waals surface area (Å²) in [4.78, 5) is 17.8. The van der Waals surface area contributed by atoms with Gasteiger partial charge in [-0.05, 0) is 43.3 Å². The highest BCUT2D eigenvalue weighted by Crippen LogP contribution is 2.32. The van der Waals surface area contributed by atoms with Crippen molar-refractivity contribution in [1.29, 1.82) is 0 Å². The number of nitrogens with zero attached hydrogens (tertiary/aromatic N) is 1. The summed E-state index contributed by atoms with van der Waals surface area (Å²) in [5.41, 5.74) is 7.21. The lowest BCUT2D eigenvalue weighted by Gasteiger charge is -2.06. The minimum absolute atomic E-state index is 0.232. The molecule has 3 rings (SSSR count). The molecule has 22 heavy (non-hydrogen) atoms. The number of thiophene rings is 1. The molecule has 0 aliphatic carbocycles. The number of anilines is 2. The Morgan fingerprint density at radius 1 is 1.32 bits per heavy atom. The second-order valence-corrected chi connectivity index (χ2v) is 5.61. The third kappa shape index (κ3) is 2.73. The van der Waals surface area contributed by atoms with Gasteiger partial charge in [-0.3, -0.25) is 4.79 Å². The molecule has 6 heteroatoms. The van der Waals surface area contributed by atoms with Gasteiger partial charge >= 0.3 is 0 Å². The molecule has 0 atom stereocenters. The lowest BCUT2D eigenvalue weighted by molar-refractivity contribution is 0.103. The van der Waals surface area contributed by atoms with Crippen molar-refractivity contribution in [3.63, 3.8) is 0 Å². The number of carbonyl (C=O) groups is 1. The molecule has 1 aromatic carbocycles. The lowest BCUT2D eigenvalue weighted by atomic mass is 10.2. The quantitative estimate of drug-likeness (QED) is 0.772. The van der Waals surface area contributed by atoms with Crippen LogP contribution < -0.4 is 15.8 Å². The number of rotatable bonds is 4. The van der Waals surface area contributed by atoms with Crippen molar-refractivity contribution in [2.75, 3.05) is 17.7 Å². The van der Waals surface area contributed by atoms with E-state index in [9.17, 15) is 4.79 Å². The van der Waals surface area contributed by atoms with E-state index in [-0.39, 0.29) is 5.91 Å². The van der Waals surface area contributed by atoms with E-state index in [0.717, 1.165) is 16.0 Å². The maximum absolute atomic E-state index is 12.4. The smallest absolute Gasteiger partial charge is 0.267 e. The van der Waals surface area contributed by atoms with E-state index in [1.807, 2.05) is 25.1 Å². The van der Waals surface area contributed by atoms with Crippen LogP contribution >= 0.6 is 11.3 Å². The molecule has 0 unspecified atom stereocenters. The fourth-order valence-electron chi connectivity index (χ4n) is 2.11. The van der Waals surface area contributed by atoms with Gasteiger partial charge in [-0.15, -0.1) is 11.3 Å². The third-order valence-corrected chi connectivity index (χ3v) is 4.26. The summed E-state index contributed by atoms with van der Waals surface area (Å²) in [6.45, 7) is 2.53. The first-order valence-electron chi connectivity index (χ1n) is 6.86. The highest BCUT2D eigenvalue weighted by molar-refractivity contribution is 7.21. The zero-order valence-corrected chi connectivity index (χ0v) is 12.8. The number of nitrogens with two attached hydrogens (primary N) is 1. The molecular weight excluding hydrogens is 298 g/mol. The Bertz CT molecular complexity index is 812. The number of fused-ring (bicyclic) bond motifs is 1. The summed E-state index contributed by atoms with van der Waals surface area (Å²) in [7, 11) is 0. The number of ether oxygens (including phenoxy) is 1. The number of pyridine rings is 1. The Morgan fingerprint density at radius 2 is 2.09 bits per heavy atom. The summed E-state index contributed by atoms with van der Waals surface area (Å²) < 4.78 is 5.37. The lowest BCUT2D eigenvalue weighted by Crippen LogP contribution is -2.11. The number of hydrogen-bond donors (Lipinski definition) is 2. The molecule has 0 saturated heterocycles. The molecule has 0 aliphatic heterocycles. The SMILES string of the molecule is CCOc1ccc(NC(=O)c2sc3ncccc3c2N)cc1. The van der Waals surface area contributed by atoms with Crippen LogP contribution in [0.4, 0.5) is 11.4 Å². The Balaban J connectivity index is 1.82. The van der Waals surface area contributed by atoms with Gasteiger partial charge in [0.25, 0.3) is 5.91 Å². The largest absolute Gasteiger partial charge is 0.494 e. The molecule has 3 N–H and O–H groups in total. The van der Waals surface area contributed by atoms with Gasteiger partial charge in [0.2, 0.25) is 0 Å². The number of aromatic nitrogens is 1. The van der Waals surface area contributed by atoms with Crippen molar-refractivity contribution >= 4 is 38.8 Å². The van der Waals surface area contributed by atoms with Crippen molar-refractivity contribution in [1.82, 2.24) is 4.98 Å². The van der Waals surface area contributed by atoms with Crippen LogP contribution in [0, 0.1) is 0 Å². The van der Waals surface area contributed by atoms with Crippen LogP contribution in [0.25, 0.3) is 10.2 Å². The molecule has 0 fully saturated rings. The van der Waals surface area contributed by atoms with Crippen molar-refractivity contribution in [3.8, 4) is 5.75 Å². The van der Waals surface area contributed by atoms with Gasteiger partial charge in [0, 0.05) is 17.3 Å². The predicted octanol–water partition coefficient (Wildman–Crippen LogP) is 3.53. The van der Waals surface area contributed by atoms with E-state index >= 15 is 0 Å². The number of nitrogens with one attached hydrogen (secondary N) is 1. The summed E-state index contributed by atoms with van der Waals surface area (Å²) in [5, 5.41) is 3.65. The van der Waals surface area contributed by atoms with Gasteiger partial charge in [-0.2, -0.15) is 0 Å². The van der Waals surface area contributed by atoms with Crippen molar-refractivity contribution in [2.24, 2.45) is 0 Å². The number of amides is 1. The first-order valence-corrected chi connectivity index (χ1v) is 7.68. The normalized spacial score (nSPS) is 10.6. The van der Waals surface area contributed by atoms with E-state index in [0.29, 0.717) is 22.9 Å². The average Bonchev–Trinajstić information content (AvgIpc) is 2.87. The summed E-state index contributed by atoms with van der Waals surface area (Å²) in [5.74, 6) is 0.538. The number of hydrogen-bond acceptors (Lipinski definition) is 5. The van der Waals surface area contributed by atoms with Crippen LogP contribution in [-0.4, -0.2) is 17.5 Å². The van der Waals surface area contributed by atoms with E-state index in [2.05, 4.69) is 10.3 Å². The highest BCUT2D eigenvalue weighted by Gasteiger charge is 2.16. The molecular formula is C16H15N3O2S. The van der Waals surface area contributed by atoms with Crippen molar-refractivity contribution in [3.05, 3.63) is 47.5 Å². The molecule has 0 spiro atoms. The number of benzene rings is 1. The molecule has 1 amide bonds. The predicted molar refractivity (Wildman–Crippen MR) is 89.6 cm³/mol. The van der Waals surface area contributed by atoms with Gasteiger partial charge in [0.15, 0.2) is 0 Å². The first-order chi connectivity index (χ1) is 10.7. The molecule has 3 aromatic rings. The highest BCUT2D eigenvalue weighted by atomic mass is 32.1. The molecule has 5 nitrogen and oxygen atoms in total. The van der Waals surface area contributed by atoms with Crippen LogP contribution in [-0.2, 0) is 0 Å². The molecule has 0 bridgehead atoms. The minimum atomic E-state index is -0.232. The van der Waals surface area contributed by atoms with Crippen LogP contribution in [0.2, 0.25) is 0 Å². The Morgan fingerprint density at radius 3 is 2.77 bits per heavy atom. The van der Waals surface area contributed by atoms with Gasteiger partial charge in [0.05, 0.1) is 12.3 Å². The number of carbonyl (C=O) groups excluding carboxylic acids is 1. The topological polar surface area (TPSA) is 77.2 Å². The first kappa shape index (κ1) is 14.3. The van der Waals surface area contributed by atoms with Crippen LogP contribution in [0.3, 0.4) is 0 Å². The standard InChI is InChI=1S/C16H15N3O2S/c1-2-21-11-7-5-10(6-8-11)19-15(20)14-13(17)12-4-3-9-18-16(12)22-14/h3-9H,2,17H2,1H3,(H,19,20). The molecule has 0 aliphatic rings. The van der Waals surface area contributed by atoms with Crippen LogP contribution in [0.1, 0.15) is 16.6 Å². The monoisotopic (exact) mass is 313 g/mol. The second-order valence-electron chi connectivity index (χ2n) is 4.61. The van der Waals surface area contributed by atoms with Gasteiger partial charge in [0.1, 0.15) is 15.5 Å². The second kappa shape index (κ2) is 6.03. The van der Waals surface area contributed by atoms with Gasteiger partial charge < -0.3 is 15.8 Å². The van der Waals surface area contributed by atoms with E-state index < -0.39 is 0 Å². The Kier molecular flexibility index (Phi) is 3.93. The van der Waals surface area contributed by atoms with E-state index in [1.165, 1.54) is 11.3 Å². The van der Waals surface area contributed by atoms with E-state index in [1.54, 1.807) is 24.4 Å². The molecule has 0 radical (unpaired) electrons. The summed E-state index contributed by atoms with van der Waals surface area (Å²) in [6, 6.07) is 10.9. The zero-order chi connectivity index (χ0) is 15.5. The summed E-state index contributed by atoms with van der Waals surface area (Å²) in [6.07, 6.45) is 1.69. The third-order valence-electron chi connectivity index (χ3n) is 3.13. The van der Waals surface area contributed by atoms with Gasteiger partial charge in [-0.25, -0.2) is 4.98 Å². The van der Waals surface area contributed by atoms with Crippen molar-refractivity contribution in [2.45, 2.75) is 6.92 Å². The fraction of sp³-hybridized carbons (Fsp3) is 0.125.